The van der Waals surface area contributed by atoms with E-state index in [0.717, 1.165) is 16.6 Å². The van der Waals surface area contributed by atoms with E-state index in [-0.39, 0.29) is 4.90 Å². The van der Waals surface area contributed by atoms with Gasteiger partial charge in [0, 0.05) is 11.3 Å². The van der Waals surface area contributed by atoms with Gasteiger partial charge in [0.2, 0.25) is 0 Å². The van der Waals surface area contributed by atoms with Crippen molar-refractivity contribution >= 4 is 26.7 Å². The van der Waals surface area contributed by atoms with Crippen LogP contribution in [0, 0.1) is 0 Å². The van der Waals surface area contributed by atoms with Crippen molar-refractivity contribution in [1.29, 1.82) is 0 Å². The topological polar surface area (TPSA) is 74.8 Å². The number of fused-ring (bicyclic) bond motifs is 1. The van der Waals surface area contributed by atoms with Gasteiger partial charge in [0.05, 0.1) is 15.9 Å². The second-order valence-electron chi connectivity index (χ2n) is 7.01. The number of benzene rings is 3. The van der Waals surface area contributed by atoms with Gasteiger partial charge >= 0.3 is 0 Å². The summed E-state index contributed by atoms with van der Waals surface area (Å²) in [6.07, 6.45) is 0. The number of anilines is 1. The van der Waals surface area contributed by atoms with Gasteiger partial charge < -0.3 is 4.98 Å². The number of imidazole rings is 1. The molecule has 4 aromatic rings. The summed E-state index contributed by atoms with van der Waals surface area (Å²) in [6.45, 7) is 4.20. The molecule has 5 nitrogen and oxygen atoms in total. The molecule has 0 saturated carbocycles. The Balaban J connectivity index is 1.64. The quantitative estimate of drug-likeness (QED) is 0.494. The molecule has 1 aromatic heterocycles. The Kier molecular flexibility index (Phi) is 4.65. The Labute approximate surface area is 164 Å². The van der Waals surface area contributed by atoms with E-state index in [1.54, 1.807) is 30.3 Å². The fourth-order valence-corrected chi connectivity index (χ4v) is 4.12. The van der Waals surface area contributed by atoms with E-state index in [1.807, 2.05) is 42.5 Å². The summed E-state index contributed by atoms with van der Waals surface area (Å²) in [5.41, 5.74) is 4.05. The zero-order chi connectivity index (χ0) is 19.7. The second-order valence-corrected chi connectivity index (χ2v) is 8.70. The second kappa shape index (κ2) is 7.13. The molecule has 6 heteroatoms. The Hall–Kier alpha value is -3.12. The number of H-pyrrole nitrogens is 1. The maximum absolute atomic E-state index is 12.8. The van der Waals surface area contributed by atoms with Crippen LogP contribution in [-0.4, -0.2) is 18.4 Å². The standard InChI is InChI=1S/C22H21N3O2S/c1-15(2)16-8-10-18(11-9-16)25-28(26,27)19-12-13-20-21(14-19)24-22(23-20)17-6-4-3-5-7-17/h3-15,25H,1-2H3,(H,23,24). The van der Waals surface area contributed by atoms with Gasteiger partial charge in [-0.3, -0.25) is 4.72 Å². The highest BCUT2D eigenvalue weighted by atomic mass is 32.2. The molecular weight excluding hydrogens is 370 g/mol. The van der Waals surface area contributed by atoms with Gasteiger partial charge in [0.25, 0.3) is 10.0 Å². The molecule has 0 aliphatic carbocycles. The van der Waals surface area contributed by atoms with Crippen LogP contribution in [0.5, 0.6) is 0 Å². The molecule has 0 aliphatic rings. The number of sulfonamides is 1. The number of aromatic nitrogens is 2. The van der Waals surface area contributed by atoms with Crippen molar-refractivity contribution in [3.8, 4) is 11.4 Å². The molecule has 0 radical (unpaired) electrons. The third-order valence-electron chi connectivity index (χ3n) is 4.64. The summed E-state index contributed by atoms with van der Waals surface area (Å²) in [7, 11) is -3.69. The van der Waals surface area contributed by atoms with Gasteiger partial charge in [0.1, 0.15) is 5.82 Å². The van der Waals surface area contributed by atoms with Crippen molar-refractivity contribution < 1.29 is 8.42 Å². The molecule has 0 unspecified atom stereocenters. The van der Waals surface area contributed by atoms with Gasteiger partial charge in [-0.25, -0.2) is 13.4 Å². The Morgan fingerprint density at radius 2 is 1.64 bits per heavy atom. The number of nitrogens with zero attached hydrogens (tertiary/aromatic N) is 1. The van der Waals surface area contributed by atoms with Crippen LogP contribution >= 0.6 is 0 Å². The Morgan fingerprint density at radius 1 is 0.929 bits per heavy atom. The molecule has 0 bridgehead atoms. The van der Waals surface area contributed by atoms with E-state index < -0.39 is 10.0 Å². The molecule has 0 fully saturated rings. The van der Waals surface area contributed by atoms with Crippen LogP contribution in [0.4, 0.5) is 5.69 Å². The largest absolute Gasteiger partial charge is 0.338 e. The summed E-state index contributed by atoms with van der Waals surface area (Å²) < 4.78 is 28.2. The van der Waals surface area contributed by atoms with E-state index in [2.05, 4.69) is 28.5 Å². The lowest BCUT2D eigenvalue weighted by Gasteiger charge is -2.10. The number of aromatic amines is 1. The molecule has 0 atom stereocenters. The van der Waals surface area contributed by atoms with Crippen LogP contribution in [0.2, 0.25) is 0 Å². The molecule has 0 spiro atoms. The minimum Gasteiger partial charge on any atom is -0.338 e. The van der Waals surface area contributed by atoms with Gasteiger partial charge in [-0.05, 0) is 41.8 Å². The maximum atomic E-state index is 12.8. The number of hydrogen-bond donors (Lipinski definition) is 2. The fourth-order valence-electron chi connectivity index (χ4n) is 3.04. The number of rotatable bonds is 5. The van der Waals surface area contributed by atoms with Crippen molar-refractivity contribution in [2.45, 2.75) is 24.7 Å². The van der Waals surface area contributed by atoms with Crippen molar-refractivity contribution in [3.05, 3.63) is 78.4 Å². The first kappa shape index (κ1) is 18.3. The highest BCUT2D eigenvalue weighted by Crippen LogP contribution is 2.24. The first-order valence-corrected chi connectivity index (χ1v) is 10.6. The van der Waals surface area contributed by atoms with Gasteiger partial charge in [-0.15, -0.1) is 0 Å². The minimum absolute atomic E-state index is 0.191. The lowest BCUT2D eigenvalue weighted by Crippen LogP contribution is -2.12. The predicted octanol–water partition coefficient (Wildman–Crippen LogP) is 5.15. The molecule has 2 N–H and O–H groups in total. The molecule has 3 aromatic carbocycles. The maximum Gasteiger partial charge on any atom is 0.261 e. The molecule has 0 aliphatic heterocycles. The molecule has 4 rings (SSSR count). The third-order valence-corrected chi connectivity index (χ3v) is 6.02. The molecule has 142 valence electrons. The van der Waals surface area contributed by atoms with Crippen molar-refractivity contribution in [3.63, 3.8) is 0 Å². The van der Waals surface area contributed by atoms with Gasteiger partial charge in [-0.2, -0.15) is 0 Å². The highest BCUT2D eigenvalue weighted by molar-refractivity contribution is 7.92. The zero-order valence-corrected chi connectivity index (χ0v) is 16.5. The zero-order valence-electron chi connectivity index (χ0n) is 15.7. The molecular formula is C22H21N3O2S. The van der Waals surface area contributed by atoms with Gasteiger partial charge in [-0.1, -0.05) is 56.3 Å². The fraction of sp³-hybridized carbons (Fsp3) is 0.136. The van der Waals surface area contributed by atoms with Crippen molar-refractivity contribution in [1.82, 2.24) is 9.97 Å². The van der Waals surface area contributed by atoms with Crippen molar-refractivity contribution in [2.24, 2.45) is 0 Å². The average molecular weight is 391 g/mol. The number of hydrogen-bond acceptors (Lipinski definition) is 3. The smallest absolute Gasteiger partial charge is 0.261 e. The van der Waals surface area contributed by atoms with Crippen LogP contribution in [0.3, 0.4) is 0 Å². The number of nitrogens with one attached hydrogen (secondary N) is 2. The highest BCUT2D eigenvalue weighted by Gasteiger charge is 2.16. The SMILES string of the molecule is CC(C)c1ccc(NS(=O)(=O)c2ccc3nc(-c4ccccc4)[nH]c3c2)cc1. The minimum atomic E-state index is -3.69. The van der Waals surface area contributed by atoms with Crippen LogP contribution in [0.25, 0.3) is 22.4 Å². The molecule has 1 heterocycles. The van der Waals surface area contributed by atoms with Crippen LogP contribution < -0.4 is 4.72 Å². The van der Waals surface area contributed by atoms with E-state index >= 15 is 0 Å². The normalized spacial score (nSPS) is 11.8. The van der Waals surface area contributed by atoms with E-state index in [0.29, 0.717) is 22.9 Å². The summed E-state index contributed by atoms with van der Waals surface area (Å²) in [4.78, 5) is 7.94. The van der Waals surface area contributed by atoms with Crippen LogP contribution in [0.1, 0.15) is 25.3 Å². The lowest BCUT2D eigenvalue weighted by molar-refractivity contribution is 0.601. The summed E-state index contributed by atoms with van der Waals surface area (Å²) in [5, 5.41) is 0. The summed E-state index contributed by atoms with van der Waals surface area (Å²) in [6, 6.07) is 22.1. The molecule has 0 saturated heterocycles. The Bertz CT molecular complexity index is 1210. The van der Waals surface area contributed by atoms with Crippen LogP contribution in [0.15, 0.2) is 77.7 Å². The van der Waals surface area contributed by atoms with Crippen LogP contribution in [-0.2, 0) is 10.0 Å². The molecule has 0 amide bonds. The average Bonchev–Trinajstić information content (AvgIpc) is 3.12. The molecule has 28 heavy (non-hydrogen) atoms. The van der Waals surface area contributed by atoms with E-state index in [9.17, 15) is 8.42 Å². The Morgan fingerprint density at radius 3 is 2.32 bits per heavy atom. The lowest BCUT2D eigenvalue weighted by atomic mass is 10.0. The first-order valence-electron chi connectivity index (χ1n) is 9.10. The monoisotopic (exact) mass is 391 g/mol. The van der Waals surface area contributed by atoms with Gasteiger partial charge in [0.15, 0.2) is 0 Å². The van der Waals surface area contributed by atoms with E-state index in [1.165, 1.54) is 0 Å². The third kappa shape index (κ3) is 3.64. The summed E-state index contributed by atoms with van der Waals surface area (Å²) in [5.74, 6) is 1.11. The first-order chi connectivity index (χ1) is 13.4. The van der Waals surface area contributed by atoms with E-state index in [4.69, 9.17) is 0 Å². The predicted molar refractivity (Wildman–Crippen MR) is 113 cm³/mol. The van der Waals surface area contributed by atoms with Crippen molar-refractivity contribution in [2.75, 3.05) is 4.72 Å². The summed E-state index contributed by atoms with van der Waals surface area (Å²) >= 11 is 0.